The van der Waals surface area contributed by atoms with Gasteiger partial charge < -0.3 is 9.53 Å². The summed E-state index contributed by atoms with van der Waals surface area (Å²) < 4.78 is 5.67. The van der Waals surface area contributed by atoms with Crippen LogP contribution in [0.25, 0.3) is 0 Å². The summed E-state index contributed by atoms with van der Waals surface area (Å²) in [5.41, 5.74) is 0. The Bertz CT molecular complexity index is 259. The zero-order valence-corrected chi connectivity index (χ0v) is 11.4. The molecule has 102 valence electrons. The van der Waals surface area contributed by atoms with E-state index in [0.717, 1.165) is 18.1 Å². The van der Waals surface area contributed by atoms with Crippen LogP contribution in [-0.4, -0.2) is 18.5 Å². The topological polar surface area (TPSA) is 29.6 Å². The van der Waals surface area contributed by atoms with Crippen LogP contribution in [0, 0.1) is 17.8 Å². The fraction of sp³-hybridized carbons (Fsp3) is 0.938. The van der Waals surface area contributed by atoms with Crippen LogP contribution in [0.5, 0.6) is 0 Å². The van der Waals surface area contributed by atoms with Gasteiger partial charge >= 0.3 is 0 Å². The van der Waals surface area contributed by atoms with E-state index in [9.17, 15) is 4.79 Å². The Morgan fingerprint density at radius 2 is 1.33 bits per heavy atom. The number of carbonyl (C=O) groups is 1. The molecule has 2 aliphatic carbocycles. The van der Waals surface area contributed by atoms with Crippen molar-refractivity contribution >= 4 is 6.29 Å². The molecule has 2 atom stereocenters. The first-order valence-corrected chi connectivity index (χ1v) is 8.01. The fourth-order valence-corrected chi connectivity index (χ4v) is 4.51. The molecule has 1 saturated heterocycles. The summed E-state index contributed by atoms with van der Waals surface area (Å²) in [6.07, 6.45) is 15.2. The van der Waals surface area contributed by atoms with Crippen LogP contribution in [0.15, 0.2) is 0 Å². The molecule has 0 amide bonds. The maximum Gasteiger partial charge on any atom is 0.151 e. The van der Waals surface area contributed by atoms with Gasteiger partial charge in [-0.05, 0) is 17.8 Å². The molecule has 18 heavy (non-hydrogen) atoms. The van der Waals surface area contributed by atoms with Crippen LogP contribution in [0.1, 0.15) is 64.2 Å². The second-order valence-corrected chi connectivity index (χ2v) is 6.57. The Morgan fingerprint density at radius 1 is 0.833 bits per heavy atom. The second-order valence-electron chi connectivity index (χ2n) is 6.57. The normalized spacial score (nSPS) is 34.7. The van der Waals surface area contributed by atoms with Crippen molar-refractivity contribution in [1.29, 1.82) is 0 Å². The van der Waals surface area contributed by atoms with E-state index in [1.165, 1.54) is 64.2 Å². The average Bonchev–Trinajstić information content (AvgIpc) is 3.21. The summed E-state index contributed by atoms with van der Waals surface area (Å²) in [4.78, 5) is 10.9. The maximum atomic E-state index is 10.9. The molecule has 0 aromatic rings. The molecule has 2 unspecified atom stereocenters. The number of hydrogen-bond donors (Lipinski definition) is 0. The summed E-state index contributed by atoms with van der Waals surface area (Å²) in [7, 11) is 0. The van der Waals surface area contributed by atoms with Gasteiger partial charge in [-0.15, -0.1) is 0 Å². The minimum atomic E-state index is -0.0566. The van der Waals surface area contributed by atoms with Gasteiger partial charge in [-0.2, -0.15) is 0 Å². The van der Waals surface area contributed by atoms with Gasteiger partial charge in [0.2, 0.25) is 0 Å². The van der Waals surface area contributed by atoms with Gasteiger partial charge in [-0.25, -0.2) is 0 Å². The van der Waals surface area contributed by atoms with Crippen LogP contribution in [-0.2, 0) is 9.53 Å². The predicted octanol–water partition coefficient (Wildman–Crippen LogP) is 3.73. The van der Waals surface area contributed by atoms with Gasteiger partial charge in [-0.1, -0.05) is 64.2 Å². The first kappa shape index (κ1) is 12.7. The smallest absolute Gasteiger partial charge is 0.151 e. The van der Waals surface area contributed by atoms with Crippen LogP contribution in [0.2, 0.25) is 0 Å². The molecule has 2 saturated carbocycles. The average molecular weight is 250 g/mol. The Balaban J connectivity index is 1.68. The number of aldehydes is 1. The lowest BCUT2D eigenvalue weighted by molar-refractivity contribution is -0.108. The Hall–Kier alpha value is -0.370. The number of epoxide rings is 1. The molecular formula is C16H26O2. The van der Waals surface area contributed by atoms with Crippen LogP contribution >= 0.6 is 0 Å². The quantitative estimate of drug-likeness (QED) is 0.562. The SMILES string of the molecule is O=CC1OC1C(C1CCCCC1)C1CCCCC1. The Morgan fingerprint density at radius 3 is 1.72 bits per heavy atom. The van der Waals surface area contributed by atoms with Gasteiger partial charge in [-0.3, -0.25) is 0 Å². The molecule has 0 spiro atoms. The van der Waals surface area contributed by atoms with Crippen molar-refractivity contribution in [2.45, 2.75) is 76.4 Å². The summed E-state index contributed by atoms with van der Waals surface area (Å²) in [6, 6.07) is 0. The van der Waals surface area contributed by atoms with E-state index in [1.807, 2.05) is 0 Å². The van der Waals surface area contributed by atoms with E-state index in [0.29, 0.717) is 5.92 Å². The predicted molar refractivity (Wildman–Crippen MR) is 71.4 cm³/mol. The van der Waals surface area contributed by atoms with E-state index in [-0.39, 0.29) is 12.2 Å². The van der Waals surface area contributed by atoms with Crippen molar-refractivity contribution in [3.8, 4) is 0 Å². The van der Waals surface area contributed by atoms with Crippen molar-refractivity contribution in [1.82, 2.24) is 0 Å². The first-order chi connectivity index (χ1) is 8.90. The zero-order valence-electron chi connectivity index (χ0n) is 11.4. The highest BCUT2D eigenvalue weighted by atomic mass is 16.6. The Kier molecular flexibility index (Phi) is 4.03. The highest BCUT2D eigenvalue weighted by Gasteiger charge is 2.50. The van der Waals surface area contributed by atoms with E-state index in [1.54, 1.807) is 0 Å². The number of carbonyl (C=O) groups excluding carboxylic acids is 1. The molecule has 0 bridgehead atoms. The van der Waals surface area contributed by atoms with Gasteiger partial charge in [0.05, 0.1) is 6.10 Å². The lowest BCUT2D eigenvalue weighted by Crippen LogP contribution is -2.32. The molecular weight excluding hydrogens is 224 g/mol. The molecule has 1 heterocycles. The Labute approximate surface area is 110 Å². The highest BCUT2D eigenvalue weighted by Crippen LogP contribution is 2.47. The van der Waals surface area contributed by atoms with E-state index in [4.69, 9.17) is 4.74 Å². The largest absolute Gasteiger partial charge is 0.361 e. The molecule has 0 N–H and O–H groups in total. The minimum Gasteiger partial charge on any atom is -0.361 e. The van der Waals surface area contributed by atoms with Gasteiger partial charge in [0.25, 0.3) is 0 Å². The van der Waals surface area contributed by atoms with Crippen LogP contribution in [0.4, 0.5) is 0 Å². The minimum absolute atomic E-state index is 0.0566. The van der Waals surface area contributed by atoms with E-state index in [2.05, 4.69) is 0 Å². The highest BCUT2D eigenvalue weighted by molar-refractivity contribution is 5.60. The number of rotatable bonds is 4. The van der Waals surface area contributed by atoms with Crippen molar-refractivity contribution in [3.05, 3.63) is 0 Å². The molecule has 1 aliphatic heterocycles. The third-order valence-corrected chi connectivity index (χ3v) is 5.46. The van der Waals surface area contributed by atoms with Crippen LogP contribution in [0.3, 0.4) is 0 Å². The molecule has 2 heteroatoms. The molecule has 3 fully saturated rings. The van der Waals surface area contributed by atoms with Crippen LogP contribution < -0.4 is 0 Å². The molecule has 3 rings (SSSR count). The van der Waals surface area contributed by atoms with Crippen molar-refractivity contribution in [2.24, 2.45) is 17.8 Å². The third-order valence-electron chi connectivity index (χ3n) is 5.46. The molecule has 0 aromatic heterocycles. The number of ether oxygens (including phenoxy) is 1. The van der Waals surface area contributed by atoms with Crippen molar-refractivity contribution in [2.75, 3.05) is 0 Å². The molecule has 2 nitrogen and oxygen atoms in total. The fourth-order valence-electron chi connectivity index (χ4n) is 4.51. The first-order valence-electron chi connectivity index (χ1n) is 8.01. The van der Waals surface area contributed by atoms with Crippen molar-refractivity contribution in [3.63, 3.8) is 0 Å². The standard InChI is InChI=1S/C16H26O2/c17-11-14-16(18-14)15(12-7-3-1-4-8-12)13-9-5-2-6-10-13/h11-16H,1-10H2. The molecule has 3 aliphatic rings. The molecule has 0 radical (unpaired) electrons. The monoisotopic (exact) mass is 250 g/mol. The molecule has 0 aromatic carbocycles. The maximum absolute atomic E-state index is 10.9. The zero-order chi connectivity index (χ0) is 12.4. The second kappa shape index (κ2) is 5.73. The van der Waals surface area contributed by atoms with E-state index < -0.39 is 0 Å². The lowest BCUT2D eigenvalue weighted by Gasteiger charge is -2.37. The lowest BCUT2D eigenvalue weighted by atomic mass is 9.68. The van der Waals surface area contributed by atoms with Gasteiger partial charge in [0.15, 0.2) is 6.29 Å². The summed E-state index contributed by atoms with van der Waals surface area (Å²) >= 11 is 0. The summed E-state index contributed by atoms with van der Waals surface area (Å²) in [6.45, 7) is 0. The van der Waals surface area contributed by atoms with Gasteiger partial charge in [0.1, 0.15) is 6.10 Å². The van der Waals surface area contributed by atoms with Gasteiger partial charge in [0, 0.05) is 0 Å². The third kappa shape index (κ3) is 2.64. The summed E-state index contributed by atoms with van der Waals surface area (Å²) in [5.74, 6) is 2.38. The van der Waals surface area contributed by atoms with E-state index >= 15 is 0 Å². The number of hydrogen-bond acceptors (Lipinski definition) is 2. The van der Waals surface area contributed by atoms with Crippen molar-refractivity contribution < 1.29 is 9.53 Å². The summed E-state index contributed by atoms with van der Waals surface area (Å²) in [5, 5.41) is 0.